The SMILES string of the molecule is CCCCOc1ccc(CCNC(=NC)N(C)CCC2CCOCC2)cc1. The zero-order valence-corrected chi connectivity index (χ0v) is 17.4. The smallest absolute Gasteiger partial charge is 0.193 e. The van der Waals surface area contributed by atoms with Crippen molar-refractivity contribution in [3.63, 3.8) is 0 Å². The van der Waals surface area contributed by atoms with Gasteiger partial charge in [-0.15, -0.1) is 0 Å². The number of hydrogen-bond donors (Lipinski definition) is 1. The first-order chi connectivity index (χ1) is 13.2. The second kappa shape index (κ2) is 12.6. The fourth-order valence-corrected chi connectivity index (χ4v) is 3.31. The highest BCUT2D eigenvalue weighted by Crippen LogP contribution is 2.18. The van der Waals surface area contributed by atoms with Crippen LogP contribution in [0.1, 0.15) is 44.6 Å². The van der Waals surface area contributed by atoms with E-state index in [0.717, 1.165) is 69.8 Å². The summed E-state index contributed by atoms with van der Waals surface area (Å²) < 4.78 is 11.2. The number of ether oxygens (including phenoxy) is 2. The molecule has 5 nitrogen and oxygen atoms in total. The van der Waals surface area contributed by atoms with Gasteiger partial charge in [-0.25, -0.2) is 0 Å². The van der Waals surface area contributed by atoms with E-state index in [1.54, 1.807) is 0 Å². The van der Waals surface area contributed by atoms with Gasteiger partial charge in [0.05, 0.1) is 6.61 Å². The fraction of sp³-hybridized carbons (Fsp3) is 0.682. The van der Waals surface area contributed by atoms with Crippen LogP contribution < -0.4 is 10.1 Å². The Balaban J connectivity index is 1.67. The number of nitrogens with zero attached hydrogens (tertiary/aromatic N) is 2. The molecule has 0 aliphatic carbocycles. The van der Waals surface area contributed by atoms with Crippen LogP contribution in [0.15, 0.2) is 29.3 Å². The van der Waals surface area contributed by atoms with E-state index >= 15 is 0 Å². The minimum absolute atomic E-state index is 0.789. The topological polar surface area (TPSA) is 46.1 Å². The second-order valence-corrected chi connectivity index (χ2v) is 7.34. The molecule has 1 aromatic carbocycles. The molecule has 0 saturated carbocycles. The molecular weight excluding hydrogens is 338 g/mol. The molecule has 1 fully saturated rings. The molecule has 1 saturated heterocycles. The Morgan fingerprint density at radius 3 is 2.67 bits per heavy atom. The summed E-state index contributed by atoms with van der Waals surface area (Å²) in [6.07, 6.45) is 6.83. The van der Waals surface area contributed by atoms with Crippen LogP contribution in [0.4, 0.5) is 0 Å². The number of benzene rings is 1. The van der Waals surface area contributed by atoms with Crippen molar-refractivity contribution in [1.29, 1.82) is 0 Å². The molecule has 5 heteroatoms. The third kappa shape index (κ3) is 8.21. The first kappa shape index (κ1) is 21.5. The highest BCUT2D eigenvalue weighted by Gasteiger charge is 2.15. The van der Waals surface area contributed by atoms with E-state index in [0.29, 0.717) is 0 Å². The number of guanidine groups is 1. The van der Waals surface area contributed by atoms with E-state index in [-0.39, 0.29) is 0 Å². The minimum Gasteiger partial charge on any atom is -0.494 e. The summed E-state index contributed by atoms with van der Waals surface area (Å²) in [5.41, 5.74) is 1.31. The maximum Gasteiger partial charge on any atom is 0.193 e. The molecule has 1 aliphatic rings. The zero-order chi connectivity index (χ0) is 19.3. The predicted octanol–water partition coefficient (Wildman–Crippen LogP) is 3.73. The van der Waals surface area contributed by atoms with E-state index in [9.17, 15) is 0 Å². The van der Waals surface area contributed by atoms with Gasteiger partial charge in [0.25, 0.3) is 0 Å². The van der Waals surface area contributed by atoms with Crippen molar-refractivity contribution in [2.45, 2.75) is 45.4 Å². The summed E-state index contributed by atoms with van der Waals surface area (Å²) in [6, 6.07) is 8.45. The predicted molar refractivity (Wildman–Crippen MR) is 113 cm³/mol. The molecule has 0 aromatic heterocycles. The van der Waals surface area contributed by atoms with E-state index < -0.39 is 0 Å². The average Bonchev–Trinajstić information content (AvgIpc) is 2.71. The Morgan fingerprint density at radius 2 is 2.00 bits per heavy atom. The van der Waals surface area contributed by atoms with Crippen LogP contribution in [-0.2, 0) is 11.2 Å². The molecule has 1 heterocycles. The third-order valence-corrected chi connectivity index (χ3v) is 5.17. The quantitative estimate of drug-likeness (QED) is 0.384. The lowest BCUT2D eigenvalue weighted by atomic mass is 9.96. The Hall–Kier alpha value is -1.75. The molecule has 27 heavy (non-hydrogen) atoms. The Morgan fingerprint density at radius 1 is 1.26 bits per heavy atom. The van der Waals surface area contributed by atoms with E-state index in [1.165, 1.54) is 24.8 Å². The Kier molecular flexibility index (Phi) is 10.1. The maximum atomic E-state index is 5.72. The Labute approximate surface area is 165 Å². The molecule has 0 unspecified atom stereocenters. The summed E-state index contributed by atoms with van der Waals surface area (Å²) in [4.78, 5) is 6.66. The molecule has 0 amide bonds. The van der Waals surface area contributed by atoms with Crippen LogP contribution in [0.5, 0.6) is 5.75 Å². The van der Waals surface area contributed by atoms with E-state index in [4.69, 9.17) is 9.47 Å². The molecular formula is C22H37N3O2. The molecule has 152 valence electrons. The van der Waals surface area contributed by atoms with Crippen LogP contribution in [-0.4, -0.2) is 57.9 Å². The summed E-state index contributed by atoms with van der Waals surface area (Å²) >= 11 is 0. The van der Waals surface area contributed by atoms with Gasteiger partial charge >= 0.3 is 0 Å². The van der Waals surface area contributed by atoms with Crippen LogP contribution in [0.3, 0.4) is 0 Å². The van der Waals surface area contributed by atoms with Crippen LogP contribution in [0, 0.1) is 5.92 Å². The molecule has 0 atom stereocenters. The van der Waals surface area contributed by atoms with E-state index in [1.807, 2.05) is 7.05 Å². The summed E-state index contributed by atoms with van der Waals surface area (Å²) in [5.74, 6) is 2.72. The summed E-state index contributed by atoms with van der Waals surface area (Å²) in [7, 11) is 3.98. The number of nitrogens with one attached hydrogen (secondary N) is 1. The Bertz CT molecular complexity index is 539. The van der Waals surface area contributed by atoms with E-state index in [2.05, 4.69) is 53.4 Å². The second-order valence-electron chi connectivity index (χ2n) is 7.34. The van der Waals surface area contributed by atoms with Crippen LogP contribution >= 0.6 is 0 Å². The molecule has 1 aromatic rings. The molecule has 0 spiro atoms. The third-order valence-electron chi connectivity index (χ3n) is 5.17. The van der Waals surface area contributed by atoms with Gasteiger partial charge in [0.2, 0.25) is 0 Å². The lowest BCUT2D eigenvalue weighted by Gasteiger charge is -2.26. The van der Waals surface area contributed by atoms with Crippen molar-refractivity contribution in [2.24, 2.45) is 10.9 Å². The van der Waals surface area contributed by atoms with Gasteiger partial charge in [-0.3, -0.25) is 4.99 Å². The van der Waals surface area contributed by atoms with Crippen molar-refractivity contribution < 1.29 is 9.47 Å². The van der Waals surface area contributed by atoms with Crippen LogP contribution in [0.25, 0.3) is 0 Å². The summed E-state index contributed by atoms with van der Waals surface area (Å²) in [6.45, 7) is 6.73. The molecule has 0 bridgehead atoms. The van der Waals surface area contributed by atoms with Crippen molar-refractivity contribution in [1.82, 2.24) is 10.2 Å². The lowest BCUT2D eigenvalue weighted by molar-refractivity contribution is 0.0625. The highest BCUT2D eigenvalue weighted by molar-refractivity contribution is 5.79. The largest absolute Gasteiger partial charge is 0.494 e. The molecule has 0 radical (unpaired) electrons. The van der Waals surface area contributed by atoms with Gasteiger partial charge in [0.15, 0.2) is 5.96 Å². The van der Waals surface area contributed by atoms with Crippen molar-refractivity contribution >= 4 is 5.96 Å². The fourth-order valence-electron chi connectivity index (χ4n) is 3.31. The molecule has 2 rings (SSSR count). The summed E-state index contributed by atoms with van der Waals surface area (Å²) in [5, 5.41) is 3.48. The number of unbranched alkanes of at least 4 members (excludes halogenated alkanes) is 1. The van der Waals surface area contributed by atoms with Gasteiger partial charge in [-0.1, -0.05) is 25.5 Å². The zero-order valence-electron chi connectivity index (χ0n) is 17.4. The molecule has 1 N–H and O–H groups in total. The van der Waals surface area contributed by atoms with Gasteiger partial charge < -0.3 is 19.7 Å². The van der Waals surface area contributed by atoms with Gasteiger partial charge in [-0.05, 0) is 55.7 Å². The normalized spacial score (nSPS) is 15.6. The first-order valence-electron chi connectivity index (χ1n) is 10.4. The van der Waals surface area contributed by atoms with Gasteiger partial charge in [-0.2, -0.15) is 0 Å². The van der Waals surface area contributed by atoms with Crippen molar-refractivity contribution in [3.05, 3.63) is 29.8 Å². The monoisotopic (exact) mass is 375 g/mol. The first-order valence-corrected chi connectivity index (χ1v) is 10.4. The maximum absolute atomic E-state index is 5.72. The number of rotatable bonds is 10. The number of aliphatic imine (C=N–C) groups is 1. The van der Waals surface area contributed by atoms with Crippen molar-refractivity contribution in [3.8, 4) is 5.75 Å². The average molecular weight is 376 g/mol. The standard InChI is InChI=1S/C22H37N3O2/c1-4-5-16-27-21-8-6-19(7-9-21)10-14-24-22(23-2)25(3)15-11-20-12-17-26-18-13-20/h6-9,20H,4-5,10-18H2,1-3H3,(H,23,24). The lowest BCUT2D eigenvalue weighted by Crippen LogP contribution is -2.40. The van der Waals surface area contributed by atoms with Crippen molar-refractivity contribution in [2.75, 3.05) is 47.0 Å². The molecule has 1 aliphatic heterocycles. The highest BCUT2D eigenvalue weighted by atomic mass is 16.5. The van der Waals surface area contributed by atoms with Crippen LogP contribution in [0.2, 0.25) is 0 Å². The number of hydrogen-bond acceptors (Lipinski definition) is 3. The van der Waals surface area contributed by atoms with Gasteiger partial charge in [0.1, 0.15) is 5.75 Å². The minimum atomic E-state index is 0.789. The van der Waals surface area contributed by atoms with Gasteiger partial charge in [0, 0.05) is 40.4 Å².